The Morgan fingerprint density at radius 3 is 2.15 bits per heavy atom. The Kier molecular flexibility index (Phi) is 5.40. The van der Waals surface area contributed by atoms with E-state index in [-0.39, 0.29) is 13.2 Å². The molecule has 0 amide bonds. The predicted molar refractivity (Wildman–Crippen MR) is 46.3 cm³/mol. The summed E-state index contributed by atoms with van der Waals surface area (Å²) in [6.07, 6.45) is 0. The zero-order valence-corrected chi connectivity index (χ0v) is 8.34. The molecule has 0 aliphatic rings. The van der Waals surface area contributed by atoms with Crippen LogP contribution in [0.1, 0.15) is 13.8 Å². The number of aliphatic carboxylic acids is 1. The van der Waals surface area contributed by atoms with Gasteiger partial charge >= 0.3 is 13.6 Å². The molecule has 0 aromatic heterocycles. The number of carboxylic acids is 1. The van der Waals surface area contributed by atoms with Crippen LogP contribution in [0.5, 0.6) is 0 Å². The summed E-state index contributed by atoms with van der Waals surface area (Å²) < 4.78 is 20.9. The maximum atomic E-state index is 11.4. The van der Waals surface area contributed by atoms with Crippen LogP contribution in [-0.2, 0) is 18.4 Å². The second kappa shape index (κ2) is 5.76. The Hall–Kier alpha value is -0.820. The molecule has 13 heavy (non-hydrogen) atoms. The van der Waals surface area contributed by atoms with Gasteiger partial charge in [-0.25, -0.2) is 9.36 Å². The predicted octanol–water partition coefficient (Wildman–Crippen LogP) is 1.30. The third-order valence-corrected chi connectivity index (χ3v) is 2.48. The van der Waals surface area contributed by atoms with Gasteiger partial charge in [0, 0.05) is 11.6 Å². The van der Waals surface area contributed by atoms with E-state index in [1.807, 2.05) is 5.66 Å². The molecule has 0 bridgehead atoms. The van der Waals surface area contributed by atoms with Gasteiger partial charge in [-0.2, -0.15) is 0 Å². The Morgan fingerprint density at radius 1 is 1.38 bits per heavy atom. The fourth-order valence-electron chi connectivity index (χ4n) is 0.558. The summed E-state index contributed by atoms with van der Waals surface area (Å²) in [6, 6.07) is 0. The Bertz CT molecular complexity index is 264. The summed E-state index contributed by atoms with van der Waals surface area (Å²) in [4.78, 5) is 10.0. The van der Waals surface area contributed by atoms with Crippen molar-refractivity contribution in [2.45, 2.75) is 13.8 Å². The summed E-state index contributed by atoms with van der Waals surface area (Å²) >= 11 is 0. The topological polar surface area (TPSA) is 72.8 Å². The van der Waals surface area contributed by atoms with Crippen LogP contribution in [0.2, 0.25) is 0 Å². The summed E-state index contributed by atoms with van der Waals surface area (Å²) in [7, 11) is -3.52. The average molecular weight is 206 g/mol. The van der Waals surface area contributed by atoms with Gasteiger partial charge in [0.25, 0.3) is 0 Å². The van der Waals surface area contributed by atoms with Crippen LogP contribution in [0.15, 0.2) is 0 Å². The largest absolute Gasteiger partial charge is 0.472 e. The molecular formula is C7H11O5P. The lowest BCUT2D eigenvalue weighted by Crippen LogP contribution is -1.94. The van der Waals surface area contributed by atoms with E-state index < -0.39 is 13.6 Å². The molecule has 5 nitrogen and oxygen atoms in total. The van der Waals surface area contributed by atoms with Gasteiger partial charge in [-0.05, 0) is 13.8 Å². The molecule has 0 saturated carbocycles. The fourth-order valence-corrected chi connectivity index (χ4v) is 1.67. The van der Waals surface area contributed by atoms with Gasteiger partial charge in [0.15, 0.2) is 0 Å². The first-order chi connectivity index (χ1) is 6.04. The van der Waals surface area contributed by atoms with E-state index in [9.17, 15) is 9.36 Å². The monoisotopic (exact) mass is 206 g/mol. The van der Waals surface area contributed by atoms with E-state index in [0.29, 0.717) is 0 Å². The van der Waals surface area contributed by atoms with Crippen molar-refractivity contribution in [3.05, 3.63) is 0 Å². The molecular weight excluding hydrogens is 195 g/mol. The average Bonchev–Trinajstić information content (AvgIpc) is 2.02. The number of rotatable bonds is 4. The standard InChI is InChI=1S/C7H11O5P/c1-3-11-13(10,12-4-2)6-5-7(8)9/h3-4H2,1-2H3,(H,8,9). The van der Waals surface area contributed by atoms with Gasteiger partial charge in [0.1, 0.15) is 0 Å². The summed E-state index contributed by atoms with van der Waals surface area (Å²) in [5.74, 6) is 0.348. The van der Waals surface area contributed by atoms with Crippen molar-refractivity contribution in [3.8, 4) is 11.6 Å². The quantitative estimate of drug-likeness (QED) is 0.554. The summed E-state index contributed by atoms with van der Waals surface area (Å²) in [5.41, 5.74) is 1.96. The van der Waals surface area contributed by atoms with Gasteiger partial charge in [-0.3, -0.25) is 9.05 Å². The zero-order chi connectivity index (χ0) is 10.3. The second-order valence-electron chi connectivity index (χ2n) is 1.87. The van der Waals surface area contributed by atoms with E-state index in [1.54, 1.807) is 19.8 Å². The van der Waals surface area contributed by atoms with Crippen molar-refractivity contribution in [3.63, 3.8) is 0 Å². The maximum Gasteiger partial charge on any atom is 0.406 e. The third-order valence-electron chi connectivity index (χ3n) is 0.898. The fraction of sp³-hybridized carbons (Fsp3) is 0.571. The molecule has 0 heterocycles. The van der Waals surface area contributed by atoms with E-state index in [1.165, 1.54) is 0 Å². The minimum atomic E-state index is -3.52. The normalized spacial score (nSPS) is 10.3. The summed E-state index contributed by atoms with van der Waals surface area (Å²) in [5, 5.41) is 8.21. The highest BCUT2D eigenvalue weighted by Gasteiger charge is 2.19. The lowest BCUT2D eigenvalue weighted by molar-refractivity contribution is -0.130. The Balaban J connectivity index is 4.53. The highest BCUT2D eigenvalue weighted by atomic mass is 31.2. The van der Waals surface area contributed by atoms with Gasteiger partial charge in [0.05, 0.1) is 13.2 Å². The molecule has 0 aromatic rings. The highest BCUT2D eigenvalue weighted by molar-refractivity contribution is 7.59. The van der Waals surface area contributed by atoms with Crippen molar-refractivity contribution in [1.82, 2.24) is 0 Å². The van der Waals surface area contributed by atoms with Crippen LogP contribution < -0.4 is 0 Å². The number of carbonyl (C=O) groups is 1. The van der Waals surface area contributed by atoms with Crippen molar-refractivity contribution < 1.29 is 23.5 Å². The Labute approximate surface area is 76.6 Å². The second-order valence-corrected chi connectivity index (χ2v) is 3.61. The first-order valence-corrected chi connectivity index (χ1v) is 5.23. The number of carboxylic acid groups (broad SMARTS) is 1. The van der Waals surface area contributed by atoms with E-state index in [0.717, 1.165) is 0 Å². The highest BCUT2D eigenvalue weighted by Crippen LogP contribution is 2.46. The van der Waals surface area contributed by atoms with Crippen LogP contribution in [0.3, 0.4) is 0 Å². The first-order valence-electron chi connectivity index (χ1n) is 3.69. The molecule has 0 aliphatic heterocycles. The third kappa shape index (κ3) is 5.42. The van der Waals surface area contributed by atoms with Crippen molar-refractivity contribution >= 4 is 13.6 Å². The first kappa shape index (κ1) is 12.2. The van der Waals surface area contributed by atoms with E-state index in [4.69, 9.17) is 14.2 Å². The molecule has 74 valence electrons. The molecule has 0 saturated heterocycles. The smallest absolute Gasteiger partial charge is 0.406 e. The van der Waals surface area contributed by atoms with Crippen molar-refractivity contribution in [2.75, 3.05) is 13.2 Å². The Morgan fingerprint density at radius 2 is 1.85 bits per heavy atom. The van der Waals surface area contributed by atoms with Crippen LogP contribution in [0, 0.1) is 11.6 Å². The molecule has 0 unspecified atom stereocenters. The van der Waals surface area contributed by atoms with Gasteiger partial charge in [-0.1, -0.05) is 0 Å². The van der Waals surface area contributed by atoms with Gasteiger partial charge in [-0.15, -0.1) is 0 Å². The zero-order valence-electron chi connectivity index (χ0n) is 7.44. The number of hydrogen-bond donors (Lipinski definition) is 1. The van der Waals surface area contributed by atoms with E-state index >= 15 is 0 Å². The van der Waals surface area contributed by atoms with Crippen LogP contribution in [0.4, 0.5) is 0 Å². The molecule has 1 N–H and O–H groups in total. The lowest BCUT2D eigenvalue weighted by atomic mass is 10.7. The summed E-state index contributed by atoms with van der Waals surface area (Å²) in [6.45, 7) is 3.55. The molecule has 6 heteroatoms. The molecule has 0 atom stereocenters. The van der Waals surface area contributed by atoms with Crippen LogP contribution in [-0.4, -0.2) is 24.3 Å². The molecule has 0 aliphatic carbocycles. The minimum Gasteiger partial charge on any atom is -0.472 e. The van der Waals surface area contributed by atoms with Crippen molar-refractivity contribution in [1.29, 1.82) is 0 Å². The molecule has 0 aromatic carbocycles. The molecule has 0 radical (unpaired) electrons. The molecule has 0 rings (SSSR count). The van der Waals surface area contributed by atoms with Crippen LogP contribution >= 0.6 is 7.60 Å². The number of hydrogen-bond acceptors (Lipinski definition) is 4. The maximum absolute atomic E-state index is 11.4. The van der Waals surface area contributed by atoms with Crippen molar-refractivity contribution in [2.24, 2.45) is 0 Å². The van der Waals surface area contributed by atoms with E-state index in [2.05, 4.69) is 0 Å². The lowest BCUT2D eigenvalue weighted by Gasteiger charge is -2.09. The van der Waals surface area contributed by atoms with Gasteiger partial charge < -0.3 is 5.11 Å². The molecule has 0 spiro atoms. The van der Waals surface area contributed by atoms with Crippen LogP contribution in [0.25, 0.3) is 0 Å². The SMILES string of the molecule is CCOP(=O)(C#CC(=O)O)OCC. The minimum absolute atomic E-state index is 0.158. The van der Waals surface area contributed by atoms with Gasteiger partial charge in [0.2, 0.25) is 0 Å². The molecule has 0 fully saturated rings.